The van der Waals surface area contributed by atoms with E-state index in [1.165, 1.54) is 5.56 Å². The standard InChI is InChI=1S/C17H23NO2/c1-18-12-15(10-6-3-7-11-17(19)20)16(13-18)14-8-4-2-5-9-14/h2-6,8-9,15-16H,7,10-13H2,1H3,(H,19,20)/b6-3-. The number of nitrogens with zero attached hydrogens (tertiary/aromatic N) is 1. The number of rotatable bonds is 6. The Kier molecular flexibility index (Phi) is 5.36. The summed E-state index contributed by atoms with van der Waals surface area (Å²) >= 11 is 0. The van der Waals surface area contributed by atoms with Gasteiger partial charge in [0, 0.05) is 25.4 Å². The predicted octanol–water partition coefficient (Wildman–Crippen LogP) is 3.14. The van der Waals surface area contributed by atoms with E-state index in [0.29, 0.717) is 18.3 Å². The van der Waals surface area contributed by atoms with Crippen LogP contribution in [0.15, 0.2) is 42.5 Å². The largest absolute Gasteiger partial charge is 0.481 e. The van der Waals surface area contributed by atoms with E-state index < -0.39 is 5.97 Å². The van der Waals surface area contributed by atoms with Gasteiger partial charge < -0.3 is 10.0 Å². The van der Waals surface area contributed by atoms with Crippen LogP contribution in [0.5, 0.6) is 0 Å². The average Bonchev–Trinajstić information content (AvgIpc) is 2.80. The molecule has 2 unspecified atom stereocenters. The third-order valence-electron chi connectivity index (χ3n) is 3.98. The number of likely N-dealkylation sites (tertiary alicyclic amines) is 1. The zero-order chi connectivity index (χ0) is 14.4. The third kappa shape index (κ3) is 4.20. The zero-order valence-electron chi connectivity index (χ0n) is 12.0. The van der Waals surface area contributed by atoms with Gasteiger partial charge in [0.15, 0.2) is 0 Å². The number of carbonyl (C=O) groups is 1. The SMILES string of the molecule is CN1CC(C/C=C\CCC(=O)O)C(c2ccccc2)C1. The van der Waals surface area contributed by atoms with Crippen LogP contribution in [-0.2, 0) is 4.79 Å². The van der Waals surface area contributed by atoms with Crippen LogP contribution in [0.1, 0.15) is 30.7 Å². The third-order valence-corrected chi connectivity index (χ3v) is 3.98. The van der Waals surface area contributed by atoms with Crippen LogP contribution in [0.3, 0.4) is 0 Å². The number of allylic oxidation sites excluding steroid dienone is 2. The Morgan fingerprint density at radius 1 is 1.30 bits per heavy atom. The molecule has 1 aliphatic rings. The average molecular weight is 273 g/mol. The van der Waals surface area contributed by atoms with E-state index in [-0.39, 0.29) is 6.42 Å². The second-order valence-electron chi connectivity index (χ2n) is 5.64. The molecule has 1 fully saturated rings. The number of benzene rings is 1. The summed E-state index contributed by atoms with van der Waals surface area (Å²) in [6.45, 7) is 2.22. The van der Waals surface area contributed by atoms with Gasteiger partial charge in [-0.05, 0) is 31.4 Å². The minimum atomic E-state index is -0.725. The fraction of sp³-hybridized carbons (Fsp3) is 0.471. The molecule has 0 saturated carbocycles. The van der Waals surface area contributed by atoms with E-state index in [2.05, 4.69) is 48.4 Å². The van der Waals surface area contributed by atoms with E-state index in [9.17, 15) is 4.79 Å². The minimum Gasteiger partial charge on any atom is -0.481 e. The highest BCUT2D eigenvalue weighted by atomic mass is 16.4. The van der Waals surface area contributed by atoms with Crippen molar-refractivity contribution >= 4 is 5.97 Å². The van der Waals surface area contributed by atoms with E-state index >= 15 is 0 Å². The highest BCUT2D eigenvalue weighted by Crippen LogP contribution is 2.34. The maximum atomic E-state index is 10.5. The van der Waals surface area contributed by atoms with E-state index in [0.717, 1.165) is 19.5 Å². The smallest absolute Gasteiger partial charge is 0.303 e. The first-order valence-corrected chi connectivity index (χ1v) is 7.27. The summed E-state index contributed by atoms with van der Waals surface area (Å²) < 4.78 is 0. The molecule has 0 bridgehead atoms. The molecule has 20 heavy (non-hydrogen) atoms. The Morgan fingerprint density at radius 2 is 2.05 bits per heavy atom. The summed E-state index contributed by atoms with van der Waals surface area (Å²) in [5.41, 5.74) is 1.42. The summed E-state index contributed by atoms with van der Waals surface area (Å²) in [4.78, 5) is 12.8. The van der Waals surface area contributed by atoms with Crippen LogP contribution >= 0.6 is 0 Å². The van der Waals surface area contributed by atoms with Crippen molar-refractivity contribution in [2.24, 2.45) is 5.92 Å². The molecule has 108 valence electrons. The Labute approximate surface area is 120 Å². The molecule has 1 aromatic carbocycles. The van der Waals surface area contributed by atoms with E-state index in [4.69, 9.17) is 5.11 Å². The van der Waals surface area contributed by atoms with Crippen molar-refractivity contribution in [2.75, 3.05) is 20.1 Å². The molecule has 0 spiro atoms. The lowest BCUT2D eigenvalue weighted by molar-refractivity contribution is -0.136. The molecule has 0 aromatic heterocycles. The number of carboxylic acid groups (broad SMARTS) is 1. The number of hydrogen-bond acceptors (Lipinski definition) is 2. The monoisotopic (exact) mass is 273 g/mol. The van der Waals surface area contributed by atoms with Gasteiger partial charge in [-0.15, -0.1) is 0 Å². The fourth-order valence-electron chi connectivity index (χ4n) is 3.00. The number of hydrogen-bond donors (Lipinski definition) is 1. The molecular weight excluding hydrogens is 250 g/mol. The molecule has 3 nitrogen and oxygen atoms in total. The molecule has 1 saturated heterocycles. The van der Waals surface area contributed by atoms with E-state index in [1.54, 1.807) is 0 Å². The molecule has 1 aromatic rings. The van der Waals surface area contributed by atoms with Crippen LogP contribution in [0.4, 0.5) is 0 Å². The summed E-state index contributed by atoms with van der Waals surface area (Å²) in [7, 11) is 2.17. The second-order valence-corrected chi connectivity index (χ2v) is 5.64. The highest BCUT2D eigenvalue weighted by Gasteiger charge is 2.30. The topological polar surface area (TPSA) is 40.5 Å². The molecule has 3 heteroatoms. The van der Waals surface area contributed by atoms with Crippen LogP contribution in [0, 0.1) is 5.92 Å². The Balaban J connectivity index is 1.90. The van der Waals surface area contributed by atoms with Gasteiger partial charge in [-0.25, -0.2) is 0 Å². The molecule has 1 aliphatic heterocycles. The molecule has 1 heterocycles. The fourth-order valence-corrected chi connectivity index (χ4v) is 3.00. The van der Waals surface area contributed by atoms with Crippen molar-refractivity contribution in [1.29, 1.82) is 0 Å². The zero-order valence-corrected chi connectivity index (χ0v) is 12.0. The summed E-state index contributed by atoms with van der Waals surface area (Å²) in [6.07, 6.45) is 6.05. The molecule has 0 radical (unpaired) electrons. The molecule has 0 amide bonds. The number of carboxylic acids is 1. The molecule has 2 atom stereocenters. The first-order chi connectivity index (χ1) is 9.66. The van der Waals surface area contributed by atoms with E-state index in [1.807, 2.05) is 6.08 Å². The van der Waals surface area contributed by atoms with Crippen LogP contribution < -0.4 is 0 Å². The van der Waals surface area contributed by atoms with Gasteiger partial charge >= 0.3 is 5.97 Å². The maximum Gasteiger partial charge on any atom is 0.303 e. The van der Waals surface area contributed by atoms with Gasteiger partial charge in [-0.3, -0.25) is 4.79 Å². The first kappa shape index (κ1) is 14.8. The lowest BCUT2D eigenvalue weighted by Crippen LogP contribution is -2.13. The molecule has 1 N–H and O–H groups in total. The minimum absolute atomic E-state index is 0.225. The Hall–Kier alpha value is -1.61. The van der Waals surface area contributed by atoms with Crippen molar-refractivity contribution in [3.05, 3.63) is 48.0 Å². The van der Waals surface area contributed by atoms with Gasteiger partial charge in [-0.2, -0.15) is 0 Å². The maximum absolute atomic E-state index is 10.5. The van der Waals surface area contributed by atoms with Gasteiger partial charge in [0.05, 0.1) is 0 Å². The predicted molar refractivity (Wildman–Crippen MR) is 80.8 cm³/mol. The van der Waals surface area contributed by atoms with Gasteiger partial charge in [0.1, 0.15) is 0 Å². The number of likely N-dealkylation sites (N-methyl/N-ethyl adjacent to an activating group) is 1. The van der Waals surface area contributed by atoms with Crippen LogP contribution in [0.25, 0.3) is 0 Å². The quantitative estimate of drug-likeness (QED) is 0.809. The summed E-state index contributed by atoms with van der Waals surface area (Å²) in [5, 5.41) is 8.61. The number of aliphatic carboxylic acids is 1. The van der Waals surface area contributed by atoms with Crippen molar-refractivity contribution in [2.45, 2.75) is 25.2 Å². The van der Waals surface area contributed by atoms with Crippen molar-refractivity contribution in [1.82, 2.24) is 4.90 Å². The molecule has 0 aliphatic carbocycles. The van der Waals surface area contributed by atoms with Gasteiger partial charge in [0.25, 0.3) is 0 Å². The van der Waals surface area contributed by atoms with Crippen molar-refractivity contribution in [3.63, 3.8) is 0 Å². The highest BCUT2D eigenvalue weighted by molar-refractivity contribution is 5.66. The van der Waals surface area contributed by atoms with Crippen molar-refractivity contribution in [3.8, 4) is 0 Å². The Bertz CT molecular complexity index is 455. The lowest BCUT2D eigenvalue weighted by atomic mass is 9.87. The second kappa shape index (κ2) is 7.25. The summed E-state index contributed by atoms with van der Waals surface area (Å²) in [6, 6.07) is 10.7. The summed E-state index contributed by atoms with van der Waals surface area (Å²) in [5.74, 6) is 0.492. The first-order valence-electron chi connectivity index (χ1n) is 7.27. The Morgan fingerprint density at radius 3 is 2.75 bits per heavy atom. The normalized spacial score (nSPS) is 23.4. The van der Waals surface area contributed by atoms with Gasteiger partial charge in [-0.1, -0.05) is 42.5 Å². The molecule has 2 rings (SSSR count). The lowest BCUT2D eigenvalue weighted by Gasteiger charge is -2.17. The van der Waals surface area contributed by atoms with Crippen LogP contribution in [0.2, 0.25) is 0 Å². The van der Waals surface area contributed by atoms with Crippen LogP contribution in [-0.4, -0.2) is 36.1 Å². The molecular formula is C17H23NO2. The van der Waals surface area contributed by atoms with Crippen molar-refractivity contribution < 1.29 is 9.90 Å². The van der Waals surface area contributed by atoms with Gasteiger partial charge in [0.2, 0.25) is 0 Å².